The number of Topliss-reactive ketones (excluding diaryl/α,β-unsaturated/α-hetero) is 1. The molecule has 2 aromatic rings. The summed E-state index contributed by atoms with van der Waals surface area (Å²) in [5.74, 6) is -3.23. The van der Waals surface area contributed by atoms with Crippen molar-refractivity contribution >= 4 is 22.7 Å². The lowest BCUT2D eigenvalue weighted by atomic mass is 9.72. The van der Waals surface area contributed by atoms with E-state index >= 15 is 0 Å². The van der Waals surface area contributed by atoms with Gasteiger partial charge in [-0.05, 0) is 32.6 Å². The van der Waals surface area contributed by atoms with Crippen LogP contribution in [0, 0.1) is 5.92 Å². The van der Waals surface area contributed by atoms with E-state index in [4.69, 9.17) is 0 Å². The van der Waals surface area contributed by atoms with Crippen molar-refractivity contribution in [3.63, 3.8) is 0 Å². The number of carbonyl (C=O) groups is 2. The molecule has 0 aromatic carbocycles. The van der Waals surface area contributed by atoms with Crippen molar-refractivity contribution in [3.05, 3.63) is 22.4 Å². The third kappa shape index (κ3) is 3.79. The molecular weight excluding hydrogens is 384 g/mol. The number of hydrogen-bond donors (Lipinski definition) is 2. The van der Waals surface area contributed by atoms with E-state index in [1.807, 2.05) is 0 Å². The van der Waals surface area contributed by atoms with Gasteiger partial charge >= 0.3 is 0 Å². The molecule has 8 nitrogen and oxygen atoms in total. The summed E-state index contributed by atoms with van der Waals surface area (Å²) in [4.78, 5) is 43.2. The summed E-state index contributed by atoms with van der Waals surface area (Å²) in [5, 5.41) is 7.16. The monoisotopic (exact) mass is 407 g/mol. The number of halogens is 2. The first kappa shape index (κ1) is 19.7. The van der Waals surface area contributed by atoms with E-state index in [2.05, 4.69) is 20.4 Å². The van der Waals surface area contributed by atoms with Crippen LogP contribution in [-0.4, -0.2) is 43.9 Å². The zero-order chi connectivity index (χ0) is 20.8. The molecule has 0 saturated heterocycles. The van der Waals surface area contributed by atoms with Crippen molar-refractivity contribution in [2.45, 2.75) is 63.3 Å². The molecule has 0 aliphatic heterocycles. The number of aromatic amines is 1. The number of aromatic nitrogens is 4. The van der Waals surface area contributed by atoms with Crippen molar-refractivity contribution in [2.24, 2.45) is 5.92 Å². The number of ketones is 1. The minimum Gasteiger partial charge on any atom is -0.349 e. The Bertz CT molecular complexity index is 1000. The fourth-order valence-electron chi connectivity index (χ4n) is 4.15. The largest absolute Gasteiger partial charge is 0.349 e. The molecule has 2 aliphatic rings. The molecule has 0 radical (unpaired) electrons. The van der Waals surface area contributed by atoms with Crippen molar-refractivity contribution < 1.29 is 18.4 Å². The highest BCUT2D eigenvalue weighted by Crippen LogP contribution is 2.42. The number of fused-ring (bicyclic) bond motifs is 1. The number of amides is 1. The van der Waals surface area contributed by atoms with E-state index in [9.17, 15) is 23.2 Å². The lowest BCUT2D eigenvalue weighted by molar-refractivity contribution is -0.130. The van der Waals surface area contributed by atoms with Crippen LogP contribution in [0.15, 0.2) is 11.0 Å². The van der Waals surface area contributed by atoms with E-state index in [-0.39, 0.29) is 67.4 Å². The van der Waals surface area contributed by atoms with E-state index in [0.29, 0.717) is 29.7 Å². The Kier molecular flexibility index (Phi) is 4.95. The molecule has 2 atom stereocenters. The molecule has 10 heteroatoms. The summed E-state index contributed by atoms with van der Waals surface area (Å²) < 4.78 is 28.6. The maximum absolute atomic E-state index is 13.5. The quantitative estimate of drug-likeness (QED) is 0.789. The molecule has 0 spiro atoms. The van der Waals surface area contributed by atoms with Crippen molar-refractivity contribution in [1.29, 1.82) is 0 Å². The minimum absolute atomic E-state index is 0.0237. The normalized spacial score (nSPS) is 24.2. The molecule has 156 valence electrons. The SMILES string of the molecule is CC(=O)CNC(=O)C1CCC1c1nc2c(cnn2C2CCC(F)(F)CC2)c(=O)[nH]1. The fraction of sp³-hybridized carbons (Fsp3) is 0.632. The van der Waals surface area contributed by atoms with Gasteiger partial charge in [-0.25, -0.2) is 18.4 Å². The molecule has 2 aliphatic carbocycles. The van der Waals surface area contributed by atoms with Crippen molar-refractivity contribution in [3.8, 4) is 0 Å². The maximum Gasteiger partial charge on any atom is 0.262 e. The molecule has 2 saturated carbocycles. The van der Waals surface area contributed by atoms with Crippen LogP contribution in [-0.2, 0) is 9.59 Å². The van der Waals surface area contributed by atoms with Gasteiger partial charge in [0, 0.05) is 24.7 Å². The number of nitrogens with zero attached hydrogens (tertiary/aromatic N) is 3. The highest BCUT2D eigenvalue weighted by molar-refractivity contribution is 5.86. The number of carbonyl (C=O) groups excluding carboxylic acids is 2. The molecular formula is C19H23F2N5O3. The van der Waals surface area contributed by atoms with Gasteiger partial charge in [-0.3, -0.25) is 14.4 Å². The summed E-state index contributed by atoms with van der Waals surface area (Å²) in [6.07, 6.45) is 2.87. The molecule has 2 unspecified atom stereocenters. The topological polar surface area (TPSA) is 110 Å². The minimum atomic E-state index is -2.65. The average molecular weight is 407 g/mol. The van der Waals surface area contributed by atoms with Crippen LogP contribution in [0.4, 0.5) is 8.78 Å². The summed E-state index contributed by atoms with van der Waals surface area (Å²) in [6.45, 7) is 1.37. The molecule has 4 rings (SSSR count). The van der Waals surface area contributed by atoms with E-state index in [1.54, 1.807) is 4.68 Å². The maximum atomic E-state index is 13.5. The van der Waals surface area contributed by atoms with Gasteiger partial charge in [0.05, 0.1) is 18.8 Å². The second-order valence-corrected chi connectivity index (χ2v) is 8.07. The van der Waals surface area contributed by atoms with Gasteiger partial charge < -0.3 is 10.3 Å². The van der Waals surface area contributed by atoms with Crippen LogP contribution in [0.25, 0.3) is 11.0 Å². The molecule has 2 N–H and O–H groups in total. The summed E-state index contributed by atoms with van der Waals surface area (Å²) in [5.41, 5.74) is 0.0148. The highest BCUT2D eigenvalue weighted by atomic mass is 19.3. The van der Waals surface area contributed by atoms with Gasteiger partial charge in [-0.2, -0.15) is 5.10 Å². The number of hydrogen-bond acceptors (Lipinski definition) is 5. The Morgan fingerprint density at radius 3 is 2.62 bits per heavy atom. The zero-order valence-electron chi connectivity index (χ0n) is 16.1. The second kappa shape index (κ2) is 7.31. The molecule has 2 heterocycles. The van der Waals surface area contributed by atoms with E-state index < -0.39 is 5.92 Å². The van der Waals surface area contributed by atoms with Gasteiger partial charge in [-0.15, -0.1) is 0 Å². The second-order valence-electron chi connectivity index (χ2n) is 8.07. The third-order valence-corrected chi connectivity index (χ3v) is 5.99. The number of H-pyrrole nitrogens is 1. The number of nitrogens with one attached hydrogen (secondary N) is 2. The molecule has 1 amide bonds. The lowest BCUT2D eigenvalue weighted by Gasteiger charge is -2.34. The standard InChI is InChI=1S/C19H23F2N5O3/c1-10(27)8-22-17(28)13-3-2-12(13)15-24-16-14(18(29)25-15)9-23-26(16)11-4-6-19(20,21)7-5-11/h9,11-13H,2-8H2,1H3,(H,22,28)(H,24,25,29). The Labute approximate surface area is 165 Å². The number of rotatable bonds is 5. The Morgan fingerprint density at radius 1 is 1.28 bits per heavy atom. The van der Waals surface area contributed by atoms with E-state index in [1.165, 1.54) is 13.1 Å². The Morgan fingerprint density at radius 2 is 2.00 bits per heavy atom. The van der Waals surface area contributed by atoms with Crippen LogP contribution < -0.4 is 10.9 Å². The molecule has 29 heavy (non-hydrogen) atoms. The Hall–Kier alpha value is -2.65. The lowest BCUT2D eigenvalue weighted by Crippen LogP contribution is -2.42. The van der Waals surface area contributed by atoms with Crippen LogP contribution in [0.1, 0.15) is 63.2 Å². The predicted molar refractivity (Wildman–Crippen MR) is 99.8 cm³/mol. The van der Waals surface area contributed by atoms with Gasteiger partial charge in [0.25, 0.3) is 5.56 Å². The van der Waals surface area contributed by atoms with Gasteiger partial charge in [-0.1, -0.05) is 0 Å². The smallest absolute Gasteiger partial charge is 0.262 e. The average Bonchev–Trinajstić information content (AvgIpc) is 3.03. The van der Waals surface area contributed by atoms with Crippen LogP contribution in [0.5, 0.6) is 0 Å². The van der Waals surface area contributed by atoms with Gasteiger partial charge in [0.15, 0.2) is 5.65 Å². The van der Waals surface area contributed by atoms with Gasteiger partial charge in [0.1, 0.15) is 17.0 Å². The molecule has 2 aromatic heterocycles. The first-order valence-electron chi connectivity index (χ1n) is 9.87. The number of alkyl halides is 2. The van der Waals surface area contributed by atoms with Crippen LogP contribution in [0.2, 0.25) is 0 Å². The first-order valence-corrected chi connectivity index (χ1v) is 9.87. The highest BCUT2D eigenvalue weighted by Gasteiger charge is 2.40. The zero-order valence-corrected chi connectivity index (χ0v) is 16.1. The fourth-order valence-corrected chi connectivity index (χ4v) is 4.15. The van der Waals surface area contributed by atoms with Gasteiger partial charge in [0.2, 0.25) is 11.8 Å². The summed E-state index contributed by atoms with van der Waals surface area (Å²) in [7, 11) is 0. The Balaban J connectivity index is 1.59. The van der Waals surface area contributed by atoms with Crippen molar-refractivity contribution in [1.82, 2.24) is 25.1 Å². The molecule has 0 bridgehead atoms. The third-order valence-electron chi connectivity index (χ3n) is 5.99. The first-order chi connectivity index (χ1) is 13.7. The van der Waals surface area contributed by atoms with Crippen LogP contribution in [0.3, 0.4) is 0 Å². The van der Waals surface area contributed by atoms with Crippen molar-refractivity contribution in [2.75, 3.05) is 6.54 Å². The predicted octanol–water partition coefficient (Wildman–Crippen LogP) is 2.07. The summed E-state index contributed by atoms with van der Waals surface area (Å²) >= 11 is 0. The molecule has 2 fully saturated rings. The summed E-state index contributed by atoms with van der Waals surface area (Å²) in [6, 6.07) is -0.231. The van der Waals surface area contributed by atoms with Crippen LogP contribution >= 0.6 is 0 Å². The van der Waals surface area contributed by atoms with E-state index in [0.717, 1.165) is 0 Å².